The third-order valence-corrected chi connectivity index (χ3v) is 1.39. The molecule has 0 aliphatic carbocycles. The van der Waals surface area contributed by atoms with E-state index in [-0.39, 0.29) is 0 Å². The number of carboxylic acid groups (broad SMARTS) is 1. The highest BCUT2D eigenvalue weighted by atomic mass is 16.4. The zero-order chi connectivity index (χ0) is 8.43. The summed E-state index contributed by atoms with van der Waals surface area (Å²) in [4.78, 5) is 13.0. The first-order valence-corrected chi connectivity index (χ1v) is 3.04. The molecule has 0 aromatic carbocycles. The second-order valence-electron chi connectivity index (χ2n) is 2.16. The summed E-state index contributed by atoms with van der Waals surface area (Å²) in [5.74, 6) is -1.10. The van der Waals surface area contributed by atoms with E-state index >= 15 is 0 Å². The van der Waals surface area contributed by atoms with Gasteiger partial charge in [0, 0.05) is 6.20 Å². The lowest BCUT2D eigenvalue weighted by Crippen LogP contribution is -2.21. The Balaban J connectivity index is 2.92. The first-order chi connectivity index (χ1) is 5.13. The molecule has 6 N–H and O–H groups in total. The summed E-state index contributed by atoms with van der Waals surface area (Å²) in [6.45, 7) is 0. The van der Waals surface area contributed by atoms with E-state index in [0.717, 1.165) is 0 Å². The summed E-state index contributed by atoms with van der Waals surface area (Å²) in [6, 6.07) is 0.503. The molecule has 0 aliphatic heterocycles. The van der Waals surface area contributed by atoms with Gasteiger partial charge in [0.05, 0.1) is 11.4 Å². The summed E-state index contributed by atoms with van der Waals surface area (Å²) in [5, 5.41) is 8.48. The van der Waals surface area contributed by atoms with Crippen molar-refractivity contribution in [2.45, 2.75) is 6.04 Å². The van der Waals surface area contributed by atoms with Gasteiger partial charge in [-0.2, -0.15) is 0 Å². The molecule has 0 amide bonds. The van der Waals surface area contributed by atoms with Gasteiger partial charge in [-0.05, 0) is 6.07 Å². The topological polar surface area (TPSA) is 105 Å². The predicted molar refractivity (Wildman–Crippen MR) is 39.8 cm³/mol. The number of carbonyl (C=O) groups is 1. The number of aliphatic carboxylic acids is 1. The Kier molecular flexibility index (Phi) is 1.82. The van der Waals surface area contributed by atoms with E-state index in [9.17, 15) is 4.79 Å². The minimum Gasteiger partial charge on any atom is -0.480 e. The number of carboxylic acids is 1. The van der Waals surface area contributed by atoms with Crippen LogP contribution in [0.15, 0.2) is 12.3 Å². The van der Waals surface area contributed by atoms with E-state index < -0.39 is 12.0 Å². The van der Waals surface area contributed by atoms with Gasteiger partial charge in [-0.15, -0.1) is 0 Å². The molecule has 60 valence electrons. The monoisotopic (exact) mass is 155 g/mol. The maximum Gasteiger partial charge on any atom is 0.326 e. The summed E-state index contributed by atoms with van der Waals surface area (Å²) in [5.41, 5.74) is 11.4. The van der Waals surface area contributed by atoms with Gasteiger partial charge in [-0.25, -0.2) is 0 Å². The Bertz CT molecular complexity index is 269. The van der Waals surface area contributed by atoms with E-state index in [0.29, 0.717) is 11.4 Å². The zero-order valence-electron chi connectivity index (χ0n) is 5.74. The van der Waals surface area contributed by atoms with Gasteiger partial charge >= 0.3 is 5.97 Å². The quantitative estimate of drug-likeness (QED) is 0.469. The Morgan fingerprint density at radius 3 is 2.73 bits per heavy atom. The van der Waals surface area contributed by atoms with Gasteiger partial charge < -0.3 is 21.6 Å². The van der Waals surface area contributed by atoms with Crippen LogP contribution in [-0.2, 0) is 4.79 Å². The van der Waals surface area contributed by atoms with Crippen LogP contribution < -0.4 is 11.5 Å². The lowest BCUT2D eigenvalue weighted by molar-refractivity contribution is -0.138. The molecule has 5 heteroatoms. The number of H-pyrrole nitrogens is 1. The van der Waals surface area contributed by atoms with Crippen LogP contribution in [0.5, 0.6) is 0 Å². The molecule has 0 radical (unpaired) electrons. The fourth-order valence-electron chi connectivity index (χ4n) is 0.787. The van der Waals surface area contributed by atoms with Gasteiger partial charge in [0.1, 0.15) is 6.04 Å². The summed E-state index contributed by atoms with van der Waals surface area (Å²) in [7, 11) is 0. The number of aromatic amines is 1. The molecule has 0 fully saturated rings. The van der Waals surface area contributed by atoms with Crippen molar-refractivity contribution in [2.75, 3.05) is 5.73 Å². The van der Waals surface area contributed by atoms with Crippen LogP contribution in [0.2, 0.25) is 0 Å². The fraction of sp³-hybridized carbons (Fsp3) is 0.167. The SMILES string of the molecule is Nc1cc[nH]c1C(N)C(=O)O. The van der Waals surface area contributed by atoms with Crippen molar-refractivity contribution >= 4 is 11.7 Å². The maximum absolute atomic E-state index is 10.3. The number of nitrogens with two attached hydrogens (primary N) is 2. The molecule has 0 spiro atoms. The summed E-state index contributed by atoms with van der Waals surface area (Å²) >= 11 is 0. The molecular formula is C6H9N3O2. The Hall–Kier alpha value is -1.49. The van der Waals surface area contributed by atoms with Crippen molar-refractivity contribution in [3.05, 3.63) is 18.0 Å². The first-order valence-electron chi connectivity index (χ1n) is 3.04. The summed E-state index contributed by atoms with van der Waals surface area (Å²) in [6.07, 6.45) is 1.55. The van der Waals surface area contributed by atoms with E-state index in [1.165, 1.54) is 0 Å². The number of nitrogen functional groups attached to an aromatic ring is 1. The highest BCUT2D eigenvalue weighted by Crippen LogP contribution is 2.15. The number of rotatable bonds is 2. The van der Waals surface area contributed by atoms with Crippen molar-refractivity contribution in [1.29, 1.82) is 0 Å². The lowest BCUT2D eigenvalue weighted by atomic mass is 10.2. The van der Waals surface area contributed by atoms with E-state index in [2.05, 4.69) is 4.98 Å². The van der Waals surface area contributed by atoms with E-state index in [4.69, 9.17) is 16.6 Å². The molecule has 1 aromatic rings. The molecular weight excluding hydrogens is 146 g/mol. The first kappa shape index (κ1) is 7.62. The van der Waals surface area contributed by atoms with Crippen LogP contribution in [0.3, 0.4) is 0 Å². The third-order valence-electron chi connectivity index (χ3n) is 1.39. The second kappa shape index (κ2) is 2.63. The van der Waals surface area contributed by atoms with Gasteiger partial charge in [-0.3, -0.25) is 4.79 Å². The zero-order valence-corrected chi connectivity index (χ0v) is 5.74. The van der Waals surface area contributed by atoms with Crippen LogP contribution in [0, 0.1) is 0 Å². The van der Waals surface area contributed by atoms with Crippen LogP contribution in [0.25, 0.3) is 0 Å². The van der Waals surface area contributed by atoms with Gasteiger partial charge in [0.2, 0.25) is 0 Å². The third kappa shape index (κ3) is 1.32. The van der Waals surface area contributed by atoms with Crippen LogP contribution in [-0.4, -0.2) is 16.1 Å². The highest BCUT2D eigenvalue weighted by molar-refractivity contribution is 5.76. The number of anilines is 1. The van der Waals surface area contributed by atoms with E-state index in [1.54, 1.807) is 12.3 Å². The molecule has 1 atom stereocenters. The number of nitrogens with one attached hydrogen (secondary N) is 1. The van der Waals surface area contributed by atoms with Crippen LogP contribution >= 0.6 is 0 Å². The van der Waals surface area contributed by atoms with Crippen molar-refractivity contribution in [2.24, 2.45) is 5.73 Å². The molecule has 1 heterocycles. The average Bonchev–Trinajstić information content (AvgIpc) is 2.33. The Labute approximate surface area is 63.0 Å². The minimum absolute atomic E-state index is 0.345. The minimum atomic E-state index is -1.10. The predicted octanol–water partition coefficient (Wildman–Crippen LogP) is -0.319. The molecule has 5 nitrogen and oxygen atoms in total. The standard InChI is InChI=1S/C6H9N3O2/c7-3-1-2-9-5(3)4(8)6(10)11/h1-2,4,9H,7-8H2,(H,10,11). The number of aromatic nitrogens is 1. The molecule has 0 saturated heterocycles. The van der Waals surface area contributed by atoms with Crippen LogP contribution in [0.1, 0.15) is 11.7 Å². The average molecular weight is 155 g/mol. The Morgan fingerprint density at radius 1 is 1.73 bits per heavy atom. The second-order valence-corrected chi connectivity index (χ2v) is 2.16. The van der Waals surface area contributed by atoms with Gasteiger partial charge in [-0.1, -0.05) is 0 Å². The lowest BCUT2D eigenvalue weighted by Gasteiger charge is -2.03. The normalized spacial score (nSPS) is 12.8. The molecule has 0 saturated carbocycles. The molecule has 0 aliphatic rings. The van der Waals surface area contributed by atoms with Crippen molar-refractivity contribution < 1.29 is 9.90 Å². The van der Waals surface area contributed by atoms with Crippen LogP contribution in [0.4, 0.5) is 5.69 Å². The maximum atomic E-state index is 10.3. The van der Waals surface area contributed by atoms with Crippen molar-refractivity contribution in [3.63, 3.8) is 0 Å². The van der Waals surface area contributed by atoms with Gasteiger partial charge in [0.15, 0.2) is 0 Å². The number of hydrogen-bond donors (Lipinski definition) is 4. The molecule has 11 heavy (non-hydrogen) atoms. The smallest absolute Gasteiger partial charge is 0.326 e. The molecule has 1 rings (SSSR count). The molecule has 1 unspecified atom stereocenters. The summed E-state index contributed by atoms with van der Waals surface area (Å²) < 4.78 is 0. The van der Waals surface area contributed by atoms with E-state index in [1.807, 2.05) is 0 Å². The largest absolute Gasteiger partial charge is 0.480 e. The Morgan fingerprint density at radius 2 is 2.36 bits per heavy atom. The highest BCUT2D eigenvalue weighted by Gasteiger charge is 2.17. The van der Waals surface area contributed by atoms with Crippen molar-refractivity contribution in [3.8, 4) is 0 Å². The van der Waals surface area contributed by atoms with Crippen molar-refractivity contribution in [1.82, 2.24) is 4.98 Å². The molecule has 1 aromatic heterocycles. The molecule has 0 bridgehead atoms. The fourth-order valence-corrected chi connectivity index (χ4v) is 0.787. The number of hydrogen-bond acceptors (Lipinski definition) is 3. The van der Waals surface area contributed by atoms with Gasteiger partial charge in [0.25, 0.3) is 0 Å².